The SMILES string of the molecule is CCCN(CCC)S(=O)(=O)c1cc(CCl)c(C)cc1C. The van der Waals surface area contributed by atoms with Gasteiger partial charge in [-0.25, -0.2) is 8.42 Å². The fraction of sp³-hybridized carbons (Fsp3) is 0.600. The molecule has 0 spiro atoms. The van der Waals surface area contributed by atoms with Crippen LogP contribution in [0, 0.1) is 13.8 Å². The minimum absolute atomic E-state index is 0.330. The molecule has 0 atom stereocenters. The molecule has 114 valence electrons. The van der Waals surface area contributed by atoms with Crippen molar-refractivity contribution in [1.29, 1.82) is 0 Å². The van der Waals surface area contributed by atoms with Crippen LogP contribution in [0.4, 0.5) is 0 Å². The zero-order chi connectivity index (χ0) is 15.3. The van der Waals surface area contributed by atoms with Crippen molar-refractivity contribution in [3.05, 3.63) is 28.8 Å². The van der Waals surface area contributed by atoms with Gasteiger partial charge in [-0.2, -0.15) is 4.31 Å². The molecule has 0 aliphatic heterocycles. The van der Waals surface area contributed by atoms with Crippen LogP contribution >= 0.6 is 11.6 Å². The Morgan fingerprint density at radius 2 is 1.60 bits per heavy atom. The summed E-state index contributed by atoms with van der Waals surface area (Å²) < 4.78 is 27.2. The fourth-order valence-electron chi connectivity index (χ4n) is 2.29. The lowest BCUT2D eigenvalue weighted by Crippen LogP contribution is -2.33. The first-order chi connectivity index (χ1) is 9.38. The van der Waals surface area contributed by atoms with Crippen molar-refractivity contribution in [1.82, 2.24) is 4.31 Å². The van der Waals surface area contributed by atoms with Crippen LogP contribution in [-0.2, 0) is 15.9 Å². The van der Waals surface area contributed by atoms with E-state index in [1.165, 1.54) is 0 Å². The van der Waals surface area contributed by atoms with Crippen molar-refractivity contribution in [2.45, 2.75) is 51.3 Å². The minimum atomic E-state index is -3.43. The van der Waals surface area contributed by atoms with Crippen molar-refractivity contribution < 1.29 is 8.42 Å². The number of hydrogen-bond donors (Lipinski definition) is 0. The van der Waals surface area contributed by atoms with E-state index in [4.69, 9.17) is 11.6 Å². The number of rotatable bonds is 7. The summed E-state index contributed by atoms with van der Waals surface area (Å²) in [4.78, 5) is 0.389. The number of benzene rings is 1. The third kappa shape index (κ3) is 3.74. The summed E-state index contributed by atoms with van der Waals surface area (Å²) in [5, 5.41) is 0. The van der Waals surface area contributed by atoms with Crippen LogP contribution in [0.15, 0.2) is 17.0 Å². The van der Waals surface area contributed by atoms with Crippen molar-refractivity contribution in [3.63, 3.8) is 0 Å². The molecule has 0 fully saturated rings. The summed E-state index contributed by atoms with van der Waals surface area (Å²) in [5.41, 5.74) is 2.70. The normalized spacial score (nSPS) is 12.1. The molecular formula is C15H24ClNO2S. The topological polar surface area (TPSA) is 37.4 Å². The maximum atomic E-state index is 12.8. The largest absolute Gasteiger partial charge is 0.243 e. The van der Waals surface area contributed by atoms with Crippen LogP contribution in [0.2, 0.25) is 0 Å². The Hall–Kier alpha value is -0.580. The van der Waals surface area contributed by atoms with Crippen LogP contribution < -0.4 is 0 Å². The van der Waals surface area contributed by atoms with Crippen LogP contribution in [-0.4, -0.2) is 25.8 Å². The Balaban J connectivity index is 3.32. The second-order valence-electron chi connectivity index (χ2n) is 5.08. The van der Waals surface area contributed by atoms with Gasteiger partial charge < -0.3 is 0 Å². The first-order valence-corrected chi connectivity index (χ1v) is 9.02. The van der Waals surface area contributed by atoms with Gasteiger partial charge in [0.1, 0.15) is 0 Å². The van der Waals surface area contributed by atoms with E-state index < -0.39 is 10.0 Å². The third-order valence-corrected chi connectivity index (χ3v) is 5.67. The zero-order valence-corrected chi connectivity index (χ0v) is 14.3. The Bertz CT molecular complexity index is 549. The highest BCUT2D eigenvalue weighted by Crippen LogP contribution is 2.25. The average Bonchev–Trinajstić information content (AvgIpc) is 2.38. The molecule has 0 unspecified atom stereocenters. The van der Waals surface area contributed by atoms with Gasteiger partial charge in [-0.1, -0.05) is 19.9 Å². The van der Waals surface area contributed by atoms with Gasteiger partial charge in [-0.05, 0) is 49.4 Å². The van der Waals surface area contributed by atoms with Crippen LogP contribution in [0.1, 0.15) is 43.4 Å². The lowest BCUT2D eigenvalue weighted by atomic mass is 10.1. The van der Waals surface area contributed by atoms with E-state index in [9.17, 15) is 8.42 Å². The van der Waals surface area contributed by atoms with Crippen LogP contribution in [0.25, 0.3) is 0 Å². The van der Waals surface area contributed by atoms with Gasteiger partial charge >= 0.3 is 0 Å². The molecule has 0 bridgehead atoms. The van der Waals surface area contributed by atoms with E-state index in [2.05, 4.69) is 0 Å². The molecule has 1 rings (SSSR count). The second kappa shape index (κ2) is 7.43. The average molecular weight is 318 g/mol. The highest BCUT2D eigenvalue weighted by atomic mass is 35.5. The Morgan fingerprint density at radius 1 is 1.05 bits per heavy atom. The molecular weight excluding hydrogens is 294 g/mol. The molecule has 5 heteroatoms. The molecule has 0 aromatic heterocycles. The molecule has 0 aliphatic carbocycles. The summed E-state index contributed by atoms with van der Waals surface area (Å²) >= 11 is 5.90. The maximum Gasteiger partial charge on any atom is 0.243 e. The Morgan fingerprint density at radius 3 is 2.05 bits per heavy atom. The first-order valence-electron chi connectivity index (χ1n) is 7.04. The summed E-state index contributed by atoms with van der Waals surface area (Å²) in [5.74, 6) is 0.330. The van der Waals surface area contributed by atoms with E-state index >= 15 is 0 Å². The Kier molecular flexibility index (Phi) is 6.49. The van der Waals surface area contributed by atoms with Gasteiger partial charge in [0.25, 0.3) is 0 Å². The maximum absolute atomic E-state index is 12.8. The van der Waals surface area contributed by atoms with Crippen molar-refractivity contribution in [2.75, 3.05) is 13.1 Å². The standard InChI is InChI=1S/C15H24ClNO2S/c1-5-7-17(8-6-2)20(18,19)15-10-14(11-16)12(3)9-13(15)4/h9-10H,5-8,11H2,1-4H3. The van der Waals surface area contributed by atoms with Crippen molar-refractivity contribution in [2.24, 2.45) is 0 Å². The summed E-state index contributed by atoms with van der Waals surface area (Å²) in [7, 11) is -3.43. The molecule has 3 nitrogen and oxygen atoms in total. The van der Waals surface area contributed by atoms with Gasteiger partial charge in [0.2, 0.25) is 10.0 Å². The van der Waals surface area contributed by atoms with Crippen LogP contribution in [0.5, 0.6) is 0 Å². The fourth-order valence-corrected chi connectivity index (χ4v) is 4.46. The summed E-state index contributed by atoms with van der Waals surface area (Å²) in [6.45, 7) is 8.89. The van der Waals surface area contributed by atoms with E-state index in [0.29, 0.717) is 23.9 Å². The first kappa shape index (κ1) is 17.5. The number of hydrogen-bond acceptors (Lipinski definition) is 2. The minimum Gasteiger partial charge on any atom is -0.207 e. The van der Waals surface area contributed by atoms with Crippen molar-refractivity contribution >= 4 is 21.6 Å². The molecule has 20 heavy (non-hydrogen) atoms. The van der Waals surface area contributed by atoms with Gasteiger partial charge in [0.05, 0.1) is 4.90 Å². The molecule has 1 aromatic carbocycles. The molecule has 0 saturated heterocycles. The number of aryl methyl sites for hydroxylation is 2. The molecule has 0 saturated carbocycles. The summed E-state index contributed by atoms with van der Waals surface area (Å²) in [6.07, 6.45) is 1.62. The van der Waals surface area contributed by atoms with Gasteiger partial charge in [-0.3, -0.25) is 0 Å². The molecule has 0 amide bonds. The van der Waals surface area contributed by atoms with Crippen LogP contribution in [0.3, 0.4) is 0 Å². The monoisotopic (exact) mass is 317 g/mol. The zero-order valence-electron chi connectivity index (χ0n) is 12.7. The highest BCUT2D eigenvalue weighted by molar-refractivity contribution is 7.89. The summed E-state index contributed by atoms with van der Waals surface area (Å²) in [6, 6.07) is 3.63. The van der Waals surface area contributed by atoms with E-state index in [-0.39, 0.29) is 0 Å². The van der Waals surface area contributed by atoms with Gasteiger partial charge in [0, 0.05) is 19.0 Å². The number of sulfonamides is 1. The van der Waals surface area contributed by atoms with E-state index in [0.717, 1.165) is 29.5 Å². The lowest BCUT2D eigenvalue weighted by Gasteiger charge is -2.22. The second-order valence-corrected chi connectivity index (χ2v) is 7.26. The van der Waals surface area contributed by atoms with E-state index in [1.54, 1.807) is 10.4 Å². The molecule has 0 radical (unpaired) electrons. The smallest absolute Gasteiger partial charge is 0.207 e. The number of halogens is 1. The van der Waals surface area contributed by atoms with Gasteiger partial charge in [-0.15, -0.1) is 11.6 Å². The molecule has 1 aromatic rings. The molecule has 0 heterocycles. The number of alkyl halides is 1. The van der Waals surface area contributed by atoms with E-state index in [1.807, 2.05) is 33.8 Å². The lowest BCUT2D eigenvalue weighted by molar-refractivity contribution is 0.409. The number of nitrogens with zero attached hydrogens (tertiary/aromatic N) is 1. The molecule has 0 N–H and O–H groups in total. The third-order valence-electron chi connectivity index (χ3n) is 3.34. The van der Waals surface area contributed by atoms with Gasteiger partial charge in [0.15, 0.2) is 0 Å². The predicted molar refractivity (Wildman–Crippen MR) is 84.8 cm³/mol. The van der Waals surface area contributed by atoms with Crippen molar-refractivity contribution in [3.8, 4) is 0 Å². The highest BCUT2D eigenvalue weighted by Gasteiger charge is 2.25. The Labute approximate surface area is 128 Å². The quantitative estimate of drug-likeness (QED) is 0.716. The molecule has 0 aliphatic rings. The predicted octanol–water partition coefficient (Wildman–Crippen LogP) is 3.85.